The topological polar surface area (TPSA) is 52.0 Å². The largest absolute Gasteiger partial charge is 0.379 e. The lowest BCUT2D eigenvalue weighted by molar-refractivity contribution is 0.0198. The van der Waals surface area contributed by atoms with Gasteiger partial charge in [0.1, 0.15) is 11.8 Å². The second kappa shape index (κ2) is 6.99. The first kappa shape index (κ1) is 15.8. The van der Waals surface area contributed by atoms with E-state index in [9.17, 15) is 0 Å². The van der Waals surface area contributed by atoms with Crippen molar-refractivity contribution in [3.05, 3.63) is 47.3 Å². The molecule has 1 N–H and O–H groups in total. The highest BCUT2D eigenvalue weighted by Crippen LogP contribution is 2.28. The third-order valence-corrected chi connectivity index (χ3v) is 4.67. The summed E-state index contributed by atoms with van der Waals surface area (Å²) in [7, 11) is 0. The van der Waals surface area contributed by atoms with E-state index < -0.39 is 0 Å². The maximum atomic E-state index is 9.08. The van der Waals surface area contributed by atoms with Gasteiger partial charge in [-0.1, -0.05) is 31.2 Å². The normalized spacial score (nSPS) is 16.9. The van der Waals surface area contributed by atoms with Gasteiger partial charge < -0.3 is 9.72 Å². The SMILES string of the molecule is CCc1[nH]c(C#N)cc1-c1ccc([C@H](C)N2CCOCC2)cc1. The number of nitrogens with one attached hydrogen (secondary N) is 1. The van der Waals surface area contributed by atoms with Gasteiger partial charge in [-0.3, -0.25) is 4.90 Å². The molecule has 4 heteroatoms. The molecule has 1 aliphatic heterocycles. The average Bonchev–Trinajstić information content (AvgIpc) is 3.05. The Labute approximate surface area is 137 Å². The van der Waals surface area contributed by atoms with Gasteiger partial charge >= 0.3 is 0 Å². The van der Waals surface area contributed by atoms with Crippen LogP contribution in [-0.4, -0.2) is 36.2 Å². The lowest BCUT2D eigenvalue weighted by Gasteiger charge is -2.32. The predicted octanol–water partition coefficient (Wildman–Crippen LogP) is 3.51. The third-order valence-electron chi connectivity index (χ3n) is 4.67. The molecule has 3 rings (SSSR count). The minimum atomic E-state index is 0.402. The van der Waals surface area contributed by atoms with Gasteiger partial charge in [0.2, 0.25) is 0 Å². The maximum Gasteiger partial charge on any atom is 0.118 e. The van der Waals surface area contributed by atoms with Gasteiger partial charge in [0.05, 0.1) is 13.2 Å². The van der Waals surface area contributed by atoms with Crippen LogP contribution in [0.3, 0.4) is 0 Å². The second-order valence-corrected chi connectivity index (χ2v) is 5.99. The maximum absolute atomic E-state index is 9.08. The highest BCUT2D eigenvalue weighted by molar-refractivity contribution is 5.68. The third kappa shape index (κ3) is 3.31. The zero-order valence-corrected chi connectivity index (χ0v) is 13.8. The molecule has 0 radical (unpaired) electrons. The zero-order valence-electron chi connectivity index (χ0n) is 13.8. The van der Waals surface area contributed by atoms with Crippen molar-refractivity contribution in [2.75, 3.05) is 26.3 Å². The van der Waals surface area contributed by atoms with Crippen molar-refractivity contribution in [3.63, 3.8) is 0 Å². The number of ether oxygens (including phenoxy) is 1. The molecule has 120 valence electrons. The molecule has 0 aliphatic carbocycles. The Hall–Kier alpha value is -2.09. The van der Waals surface area contributed by atoms with Crippen molar-refractivity contribution in [1.82, 2.24) is 9.88 Å². The number of aromatic amines is 1. The fourth-order valence-corrected chi connectivity index (χ4v) is 3.21. The number of morpholine rings is 1. The Kier molecular flexibility index (Phi) is 4.80. The molecule has 2 aromatic rings. The lowest BCUT2D eigenvalue weighted by atomic mass is 10.00. The molecule has 1 atom stereocenters. The summed E-state index contributed by atoms with van der Waals surface area (Å²) in [5, 5.41) is 9.08. The lowest BCUT2D eigenvalue weighted by Crippen LogP contribution is -2.37. The number of rotatable bonds is 4. The molecule has 0 amide bonds. The van der Waals surface area contributed by atoms with Crippen LogP contribution in [0.5, 0.6) is 0 Å². The Morgan fingerprint density at radius 2 is 1.96 bits per heavy atom. The number of aromatic nitrogens is 1. The van der Waals surface area contributed by atoms with Crippen LogP contribution in [0.25, 0.3) is 11.1 Å². The van der Waals surface area contributed by atoms with Crippen molar-refractivity contribution in [3.8, 4) is 17.2 Å². The summed E-state index contributed by atoms with van der Waals surface area (Å²) in [5.41, 5.74) is 5.37. The molecule has 0 bridgehead atoms. The summed E-state index contributed by atoms with van der Waals surface area (Å²) >= 11 is 0. The molecule has 1 aliphatic rings. The Morgan fingerprint density at radius 3 is 2.57 bits per heavy atom. The van der Waals surface area contributed by atoms with E-state index >= 15 is 0 Å². The summed E-state index contributed by atoms with van der Waals surface area (Å²) in [6.07, 6.45) is 0.892. The van der Waals surface area contributed by atoms with Crippen LogP contribution in [0.4, 0.5) is 0 Å². The molecular weight excluding hydrogens is 286 g/mol. The van der Waals surface area contributed by atoms with Gasteiger partial charge in [-0.25, -0.2) is 0 Å². The molecule has 0 spiro atoms. The molecule has 1 saturated heterocycles. The molecule has 1 aromatic carbocycles. The molecule has 0 unspecified atom stereocenters. The molecule has 2 heterocycles. The molecular formula is C19H23N3O. The Bertz CT molecular complexity index is 690. The van der Waals surface area contributed by atoms with Crippen LogP contribution in [0.2, 0.25) is 0 Å². The number of nitriles is 1. The molecule has 23 heavy (non-hydrogen) atoms. The fraction of sp³-hybridized carbons (Fsp3) is 0.421. The first-order valence-electron chi connectivity index (χ1n) is 8.27. The van der Waals surface area contributed by atoms with Crippen molar-refractivity contribution >= 4 is 0 Å². The highest BCUT2D eigenvalue weighted by Gasteiger charge is 2.18. The zero-order chi connectivity index (χ0) is 16.2. The highest BCUT2D eigenvalue weighted by atomic mass is 16.5. The Morgan fingerprint density at radius 1 is 1.26 bits per heavy atom. The van der Waals surface area contributed by atoms with Gasteiger partial charge in [-0.15, -0.1) is 0 Å². The molecule has 1 fully saturated rings. The number of H-pyrrole nitrogens is 1. The van der Waals surface area contributed by atoms with E-state index in [0.29, 0.717) is 11.7 Å². The van der Waals surface area contributed by atoms with Crippen LogP contribution in [0, 0.1) is 11.3 Å². The van der Waals surface area contributed by atoms with E-state index in [2.05, 4.69) is 54.1 Å². The summed E-state index contributed by atoms with van der Waals surface area (Å²) in [6.45, 7) is 7.98. The van der Waals surface area contributed by atoms with Crippen LogP contribution in [-0.2, 0) is 11.2 Å². The first-order chi connectivity index (χ1) is 11.2. The van der Waals surface area contributed by atoms with E-state index in [1.807, 2.05) is 6.07 Å². The number of hydrogen-bond donors (Lipinski definition) is 1. The van der Waals surface area contributed by atoms with E-state index in [0.717, 1.165) is 49.5 Å². The number of hydrogen-bond acceptors (Lipinski definition) is 3. The van der Waals surface area contributed by atoms with Crippen molar-refractivity contribution in [1.29, 1.82) is 5.26 Å². The molecule has 0 saturated carbocycles. The van der Waals surface area contributed by atoms with Gasteiger partial charge in [-0.2, -0.15) is 5.26 Å². The van der Waals surface area contributed by atoms with E-state index in [-0.39, 0.29) is 0 Å². The smallest absolute Gasteiger partial charge is 0.118 e. The number of aryl methyl sites for hydroxylation is 1. The van der Waals surface area contributed by atoms with Gasteiger partial charge in [0.25, 0.3) is 0 Å². The van der Waals surface area contributed by atoms with Gasteiger partial charge in [-0.05, 0) is 30.5 Å². The molecule has 4 nitrogen and oxygen atoms in total. The van der Waals surface area contributed by atoms with E-state index in [4.69, 9.17) is 10.00 Å². The molecule has 1 aromatic heterocycles. The summed E-state index contributed by atoms with van der Waals surface area (Å²) in [4.78, 5) is 5.64. The quantitative estimate of drug-likeness (QED) is 0.940. The van der Waals surface area contributed by atoms with Crippen LogP contribution in [0.1, 0.15) is 36.8 Å². The minimum absolute atomic E-state index is 0.402. The van der Waals surface area contributed by atoms with Crippen LogP contribution in [0.15, 0.2) is 30.3 Å². The second-order valence-electron chi connectivity index (χ2n) is 5.99. The monoisotopic (exact) mass is 309 g/mol. The summed E-state index contributed by atoms with van der Waals surface area (Å²) in [6, 6.07) is 13.3. The minimum Gasteiger partial charge on any atom is -0.379 e. The summed E-state index contributed by atoms with van der Waals surface area (Å²) < 4.78 is 5.43. The van der Waals surface area contributed by atoms with Crippen molar-refractivity contribution in [2.24, 2.45) is 0 Å². The van der Waals surface area contributed by atoms with Gasteiger partial charge in [0, 0.05) is 30.4 Å². The average molecular weight is 309 g/mol. The van der Waals surface area contributed by atoms with Crippen LogP contribution < -0.4 is 0 Å². The predicted molar refractivity (Wildman–Crippen MR) is 91.1 cm³/mol. The number of nitrogens with zero attached hydrogens (tertiary/aromatic N) is 2. The van der Waals surface area contributed by atoms with Crippen LogP contribution >= 0.6 is 0 Å². The van der Waals surface area contributed by atoms with Gasteiger partial charge in [0.15, 0.2) is 0 Å². The first-order valence-corrected chi connectivity index (χ1v) is 8.27. The number of benzene rings is 1. The van der Waals surface area contributed by atoms with E-state index in [1.54, 1.807) is 0 Å². The fourth-order valence-electron chi connectivity index (χ4n) is 3.21. The van der Waals surface area contributed by atoms with Crippen molar-refractivity contribution in [2.45, 2.75) is 26.3 Å². The Balaban J connectivity index is 1.82. The standard InChI is InChI=1S/C19H23N3O/c1-3-19-18(12-17(13-20)21-19)16-6-4-15(5-7-16)14(2)22-8-10-23-11-9-22/h4-7,12,14,21H,3,8-11H2,1-2H3/t14-/m0/s1. The summed E-state index contributed by atoms with van der Waals surface area (Å²) in [5.74, 6) is 0. The van der Waals surface area contributed by atoms with Crippen molar-refractivity contribution < 1.29 is 4.74 Å². The van der Waals surface area contributed by atoms with E-state index in [1.165, 1.54) is 5.56 Å².